The maximum atomic E-state index is 13.2. The maximum Gasteiger partial charge on any atom is 0.433 e. The van der Waals surface area contributed by atoms with E-state index in [1.165, 1.54) is 13.0 Å². The molecule has 2 heterocycles. The number of halogens is 3. The van der Waals surface area contributed by atoms with Crippen LogP contribution in [0.25, 0.3) is 5.65 Å². The Kier molecular flexibility index (Phi) is 4.54. The predicted octanol–water partition coefficient (Wildman–Crippen LogP) is 3.71. The molecular weight excluding hydrogens is 349 g/mol. The molecule has 0 aliphatic carbocycles. The minimum absolute atomic E-state index is 0.0471. The summed E-state index contributed by atoms with van der Waals surface area (Å²) in [5, 5.41) is 6.34. The second kappa shape index (κ2) is 6.66. The molecule has 2 aromatic heterocycles. The van der Waals surface area contributed by atoms with E-state index in [2.05, 4.69) is 15.4 Å². The van der Waals surface area contributed by atoms with Crippen molar-refractivity contribution >= 4 is 17.2 Å². The standard InChI is InChI=1S/C17H15F3N4O2/c1-3-26-12-6-4-11(5-7-12)22-16(25)13-9-15-21-10(2)8-14(17(18,19)20)24(15)23-13/h4-9H,3H2,1-2H3,(H,22,25). The first-order chi connectivity index (χ1) is 12.3. The van der Waals surface area contributed by atoms with Crippen molar-refractivity contribution in [3.05, 3.63) is 53.5 Å². The zero-order chi connectivity index (χ0) is 18.9. The van der Waals surface area contributed by atoms with E-state index in [9.17, 15) is 18.0 Å². The Hall–Kier alpha value is -3.10. The lowest BCUT2D eigenvalue weighted by atomic mass is 10.3. The predicted molar refractivity (Wildman–Crippen MR) is 88.3 cm³/mol. The van der Waals surface area contributed by atoms with Gasteiger partial charge in [0.1, 0.15) is 11.4 Å². The van der Waals surface area contributed by atoms with Gasteiger partial charge in [0.15, 0.2) is 11.3 Å². The van der Waals surface area contributed by atoms with E-state index >= 15 is 0 Å². The zero-order valence-corrected chi connectivity index (χ0v) is 14.0. The highest BCUT2D eigenvalue weighted by molar-refractivity contribution is 6.03. The molecule has 0 fully saturated rings. The third-order valence-corrected chi connectivity index (χ3v) is 3.50. The number of benzene rings is 1. The van der Waals surface area contributed by atoms with Crippen LogP contribution in [-0.2, 0) is 6.18 Å². The fraction of sp³-hybridized carbons (Fsp3) is 0.235. The summed E-state index contributed by atoms with van der Waals surface area (Å²) in [5.41, 5.74) is -0.546. The van der Waals surface area contributed by atoms with Crippen molar-refractivity contribution in [1.82, 2.24) is 14.6 Å². The molecule has 9 heteroatoms. The number of fused-ring (bicyclic) bond motifs is 1. The van der Waals surface area contributed by atoms with Gasteiger partial charge in [0.25, 0.3) is 5.91 Å². The average molecular weight is 364 g/mol. The van der Waals surface area contributed by atoms with Crippen molar-refractivity contribution in [2.24, 2.45) is 0 Å². The lowest BCUT2D eigenvalue weighted by Crippen LogP contribution is -2.15. The molecular formula is C17H15F3N4O2. The molecule has 6 nitrogen and oxygen atoms in total. The minimum Gasteiger partial charge on any atom is -0.494 e. The van der Waals surface area contributed by atoms with Crippen molar-refractivity contribution in [1.29, 1.82) is 0 Å². The Labute approximate surface area is 146 Å². The smallest absolute Gasteiger partial charge is 0.433 e. The molecule has 0 saturated carbocycles. The highest BCUT2D eigenvalue weighted by Gasteiger charge is 2.35. The van der Waals surface area contributed by atoms with Crippen LogP contribution in [0.5, 0.6) is 5.75 Å². The Morgan fingerprint density at radius 3 is 2.54 bits per heavy atom. The molecule has 1 amide bonds. The second-order valence-electron chi connectivity index (χ2n) is 5.49. The third kappa shape index (κ3) is 3.61. The monoisotopic (exact) mass is 364 g/mol. The largest absolute Gasteiger partial charge is 0.494 e. The lowest BCUT2D eigenvalue weighted by Gasteiger charge is -2.09. The summed E-state index contributed by atoms with van der Waals surface area (Å²) in [6, 6.07) is 8.70. The number of alkyl halides is 3. The highest BCUT2D eigenvalue weighted by atomic mass is 19.4. The molecule has 0 unspecified atom stereocenters. The van der Waals surface area contributed by atoms with Crippen LogP contribution >= 0.6 is 0 Å². The summed E-state index contributed by atoms with van der Waals surface area (Å²) in [5.74, 6) is 0.0122. The summed E-state index contributed by atoms with van der Waals surface area (Å²) >= 11 is 0. The Morgan fingerprint density at radius 2 is 1.92 bits per heavy atom. The Bertz CT molecular complexity index is 949. The number of carbonyl (C=O) groups is 1. The van der Waals surface area contributed by atoms with Crippen molar-refractivity contribution in [3.63, 3.8) is 0 Å². The molecule has 26 heavy (non-hydrogen) atoms. The number of ether oxygens (including phenoxy) is 1. The number of aryl methyl sites for hydroxylation is 1. The topological polar surface area (TPSA) is 68.5 Å². The summed E-state index contributed by atoms with van der Waals surface area (Å²) in [4.78, 5) is 16.3. The van der Waals surface area contributed by atoms with Gasteiger partial charge in [0, 0.05) is 17.4 Å². The van der Waals surface area contributed by atoms with Gasteiger partial charge in [-0.2, -0.15) is 18.3 Å². The summed E-state index contributed by atoms with van der Waals surface area (Å²) < 4.78 is 45.4. The van der Waals surface area contributed by atoms with E-state index in [4.69, 9.17) is 4.74 Å². The van der Waals surface area contributed by atoms with Crippen LogP contribution in [0.2, 0.25) is 0 Å². The van der Waals surface area contributed by atoms with Gasteiger partial charge >= 0.3 is 6.18 Å². The number of hydrogen-bond donors (Lipinski definition) is 1. The van der Waals surface area contributed by atoms with Gasteiger partial charge in [-0.1, -0.05) is 0 Å². The fourth-order valence-corrected chi connectivity index (χ4v) is 2.41. The van der Waals surface area contributed by atoms with Crippen molar-refractivity contribution < 1.29 is 22.7 Å². The minimum atomic E-state index is -4.61. The first kappa shape index (κ1) is 17.7. The molecule has 1 aromatic carbocycles. The number of rotatable bonds is 4. The van der Waals surface area contributed by atoms with E-state index in [0.717, 1.165) is 6.07 Å². The van der Waals surface area contributed by atoms with E-state index < -0.39 is 17.8 Å². The third-order valence-electron chi connectivity index (χ3n) is 3.50. The van der Waals surface area contributed by atoms with Crippen molar-refractivity contribution in [2.45, 2.75) is 20.0 Å². The number of anilines is 1. The number of carbonyl (C=O) groups excluding carboxylic acids is 1. The number of amides is 1. The van der Waals surface area contributed by atoms with Crippen LogP contribution in [0.3, 0.4) is 0 Å². The fourth-order valence-electron chi connectivity index (χ4n) is 2.41. The number of nitrogens with zero attached hydrogens (tertiary/aromatic N) is 3. The van der Waals surface area contributed by atoms with E-state index in [0.29, 0.717) is 22.6 Å². The molecule has 0 atom stereocenters. The van der Waals surface area contributed by atoms with Gasteiger partial charge < -0.3 is 10.1 Å². The molecule has 136 valence electrons. The molecule has 3 aromatic rings. The van der Waals surface area contributed by atoms with Crippen molar-refractivity contribution in [2.75, 3.05) is 11.9 Å². The van der Waals surface area contributed by atoms with Gasteiger partial charge in [-0.05, 0) is 44.2 Å². The Morgan fingerprint density at radius 1 is 1.23 bits per heavy atom. The van der Waals surface area contributed by atoms with Crippen LogP contribution in [0, 0.1) is 6.92 Å². The van der Waals surface area contributed by atoms with E-state index in [-0.39, 0.29) is 17.0 Å². The summed E-state index contributed by atoms with van der Waals surface area (Å²) in [6.45, 7) is 3.81. The van der Waals surface area contributed by atoms with Crippen molar-refractivity contribution in [3.8, 4) is 5.75 Å². The molecule has 3 rings (SSSR count). The highest BCUT2D eigenvalue weighted by Crippen LogP contribution is 2.30. The van der Waals surface area contributed by atoms with E-state index in [1.54, 1.807) is 24.3 Å². The van der Waals surface area contributed by atoms with E-state index in [1.807, 2.05) is 6.92 Å². The Balaban J connectivity index is 1.89. The van der Waals surface area contributed by atoms with Gasteiger partial charge in [-0.3, -0.25) is 4.79 Å². The number of hydrogen-bond acceptors (Lipinski definition) is 4. The first-order valence-corrected chi connectivity index (χ1v) is 7.77. The second-order valence-corrected chi connectivity index (χ2v) is 5.49. The molecule has 0 aliphatic heterocycles. The van der Waals surface area contributed by atoms with Crippen LogP contribution < -0.4 is 10.1 Å². The average Bonchev–Trinajstić information content (AvgIpc) is 2.99. The maximum absolute atomic E-state index is 13.2. The quantitative estimate of drug-likeness (QED) is 0.766. The van der Waals surface area contributed by atoms with Crippen LogP contribution in [0.15, 0.2) is 36.4 Å². The lowest BCUT2D eigenvalue weighted by molar-refractivity contribution is -0.142. The van der Waals surface area contributed by atoms with Gasteiger partial charge in [-0.25, -0.2) is 9.50 Å². The summed E-state index contributed by atoms with van der Waals surface area (Å²) in [6.07, 6.45) is -4.61. The molecule has 0 saturated heterocycles. The molecule has 1 N–H and O–H groups in total. The number of nitrogens with one attached hydrogen (secondary N) is 1. The molecule has 0 aliphatic rings. The molecule has 0 bridgehead atoms. The normalized spacial score (nSPS) is 11.6. The van der Waals surface area contributed by atoms with Gasteiger partial charge in [-0.15, -0.1) is 0 Å². The molecule has 0 spiro atoms. The van der Waals surface area contributed by atoms with Crippen LogP contribution in [0.1, 0.15) is 28.8 Å². The SMILES string of the molecule is CCOc1ccc(NC(=O)c2cc3nc(C)cc(C(F)(F)F)n3n2)cc1. The summed E-state index contributed by atoms with van der Waals surface area (Å²) in [7, 11) is 0. The number of aromatic nitrogens is 3. The van der Waals surface area contributed by atoms with Gasteiger partial charge in [0.05, 0.1) is 6.61 Å². The van der Waals surface area contributed by atoms with Gasteiger partial charge in [0.2, 0.25) is 0 Å². The molecule has 0 radical (unpaired) electrons. The van der Waals surface area contributed by atoms with Crippen LogP contribution in [-0.4, -0.2) is 27.1 Å². The first-order valence-electron chi connectivity index (χ1n) is 7.77. The van der Waals surface area contributed by atoms with Crippen LogP contribution in [0.4, 0.5) is 18.9 Å². The zero-order valence-electron chi connectivity index (χ0n) is 14.0.